The minimum absolute atomic E-state index is 0.0787. The van der Waals surface area contributed by atoms with Crippen LogP contribution in [0, 0.1) is 23.2 Å². The molecule has 0 radical (unpaired) electrons. The van der Waals surface area contributed by atoms with Crippen molar-refractivity contribution >= 4 is 28.6 Å². The number of ketones is 1. The number of esters is 2. The predicted octanol–water partition coefficient (Wildman–Crippen LogP) is 5.66. The molecule has 4 heterocycles. The zero-order valence-corrected chi connectivity index (χ0v) is 31.7. The molecule has 3 aliphatic heterocycles. The van der Waals surface area contributed by atoms with E-state index in [1.165, 1.54) is 24.8 Å². The highest BCUT2D eigenvalue weighted by atomic mass is 16.7. The summed E-state index contributed by atoms with van der Waals surface area (Å²) in [6.45, 7) is 19.1. The zero-order valence-electron chi connectivity index (χ0n) is 31.7. The topological polar surface area (TPSA) is 137 Å². The van der Waals surface area contributed by atoms with Crippen molar-refractivity contribution in [1.82, 2.24) is 4.98 Å². The van der Waals surface area contributed by atoms with Crippen molar-refractivity contribution < 1.29 is 43.2 Å². The maximum Gasteiger partial charge on any atom is 0.303 e. The Morgan fingerprint density at radius 1 is 0.961 bits per heavy atom. The van der Waals surface area contributed by atoms with Crippen molar-refractivity contribution in [3.05, 3.63) is 34.5 Å². The second-order valence-corrected chi connectivity index (χ2v) is 19.0. The summed E-state index contributed by atoms with van der Waals surface area (Å²) < 4.78 is 31.7. The molecule has 10 nitrogen and oxygen atoms in total. The molecule has 0 bridgehead atoms. The molecule has 3 saturated heterocycles. The van der Waals surface area contributed by atoms with Crippen LogP contribution in [0.15, 0.2) is 12.1 Å². The van der Waals surface area contributed by atoms with Gasteiger partial charge in [0.1, 0.15) is 23.4 Å². The van der Waals surface area contributed by atoms with Gasteiger partial charge in [0.25, 0.3) is 0 Å². The molecule has 1 aromatic carbocycles. The standard InChI is InChI=1S/C41H53NO9/c1-19(43)47-31-33(37(7,8)49-20(2)44)48-27-14-15-38(9)39(10)21(13-16-40(38,46)41(27)34(31)50-41)17-24-28-23-18-25-29(36(5,6)51-35(25,3)4)30(45)22(23)11-12-26(28)42-32(24)39/h11-12,21,25,27,29,31,33-34,42,46H,13-18H2,1-10H3/t21?,25?,27-,29?,31+,33-,34+,38?,39+,40-,41-/m0/s1. The van der Waals surface area contributed by atoms with Gasteiger partial charge in [-0.25, -0.2) is 0 Å². The number of benzene rings is 1. The van der Waals surface area contributed by atoms with Crippen molar-refractivity contribution in [3.63, 3.8) is 0 Å². The lowest BCUT2D eigenvalue weighted by atomic mass is 9.40. The fourth-order valence-electron chi connectivity index (χ4n) is 13.3. The van der Waals surface area contributed by atoms with Gasteiger partial charge in [-0.05, 0) is 109 Å². The maximum atomic E-state index is 14.3. The van der Waals surface area contributed by atoms with Crippen LogP contribution in [-0.2, 0) is 51.5 Å². The molecule has 7 aliphatic rings. The van der Waals surface area contributed by atoms with Crippen LogP contribution in [-0.4, -0.2) is 80.2 Å². The summed E-state index contributed by atoms with van der Waals surface area (Å²) in [5.74, 6) is -0.593. The Labute approximate surface area is 299 Å². The van der Waals surface area contributed by atoms with Crippen molar-refractivity contribution in [1.29, 1.82) is 0 Å². The van der Waals surface area contributed by atoms with Gasteiger partial charge in [-0.3, -0.25) is 14.4 Å². The third-order valence-electron chi connectivity index (χ3n) is 15.4. The number of carbonyl (C=O) groups is 3. The molecule has 276 valence electrons. The fourth-order valence-corrected chi connectivity index (χ4v) is 13.3. The first-order chi connectivity index (χ1) is 23.6. The van der Waals surface area contributed by atoms with E-state index in [0.717, 1.165) is 41.6 Å². The van der Waals surface area contributed by atoms with Crippen molar-refractivity contribution in [3.8, 4) is 0 Å². The van der Waals surface area contributed by atoms with Crippen LogP contribution in [0.2, 0.25) is 0 Å². The summed E-state index contributed by atoms with van der Waals surface area (Å²) in [7, 11) is 0. The van der Waals surface area contributed by atoms with Gasteiger partial charge in [0.2, 0.25) is 0 Å². The molecule has 1 aromatic heterocycles. The van der Waals surface area contributed by atoms with Gasteiger partial charge >= 0.3 is 11.9 Å². The number of hydrogen-bond acceptors (Lipinski definition) is 9. The van der Waals surface area contributed by atoms with Gasteiger partial charge in [0.05, 0.1) is 23.2 Å². The molecule has 9 rings (SSSR count). The number of H-pyrrole nitrogens is 1. The molecule has 4 unspecified atom stereocenters. The Morgan fingerprint density at radius 2 is 1.69 bits per heavy atom. The van der Waals surface area contributed by atoms with Gasteiger partial charge in [-0.15, -0.1) is 0 Å². The Kier molecular flexibility index (Phi) is 6.56. The van der Waals surface area contributed by atoms with E-state index in [1.807, 2.05) is 6.07 Å². The predicted molar refractivity (Wildman–Crippen MR) is 186 cm³/mol. The van der Waals surface area contributed by atoms with Gasteiger partial charge < -0.3 is 33.8 Å². The minimum atomic E-state index is -1.30. The summed E-state index contributed by atoms with van der Waals surface area (Å²) in [6.07, 6.45) is 1.57. The third-order valence-corrected chi connectivity index (χ3v) is 15.4. The number of aliphatic hydroxyl groups is 1. The fraction of sp³-hybridized carbons (Fsp3) is 0.732. The number of fused-ring (bicyclic) bond motifs is 10. The van der Waals surface area contributed by atoms with Gasteiger partial charge in [-0.2, -0.15) is 0 Å². The molecule has 11 atom stereocenters. The Balaban J connectivity index is 1.14. The molecule has 2 aromatic rings. The average molecular weight is 704 g/mol. The Bertz CT molecular complexity index is 1930. The van der Waals surface area contributed by atoms with E-state index in [2.05, 4.69) is 52.6 Å². The van der Waals surface area contributed by atoms with Gasteiger partial charge in [0.15, 0.2) is 17.5 Å². The first-order valence-corrected chi connectivity index (χ1v) is 19.0. The number of Topliss-reactive ketones (excluding diaryl/α,β-unsaturated/α-hetero) is 1. The van der Waals surface area contributed by atoms with Crippen LogP contribution in [0.1, 0.15) is 122 Å². The molecule has 5 fully saturated rings. The number of epoxide rings is 1. The monoisotopic (exact) mass is 703 g/mol. The molecule has 4 aliphatic carbocycles. The van der Waals surface area contributed by atoms with Crippen molar-refractivity contribution in [2.24, 2.45) is 23.2 Å². The lowest BCUT2D eigenvalue weighted by molar-refractivity contribution is -0.283. The lowest BCUT2D eigenvalue weighted by Gasteiger charge is -2.66. The van der Waals surface area contributed by atoms with Gasteiger partial charge in [0, 0.05) is 52.8 Å². The number of carbonyl (C=O) groups excluding carboxylic acids is 3. The summed E-state index contributed by atoms with van der Waals surface area (Å²) in [6, 6.07) is 4.09. The summed E-state index contributed by atoms with van der Waals surface area (Å²) in [5, 5.41) is 14.6. The Hall–Kier alpha value is -2.79. The highest BCUT2D eigenvalue weighted by molar-refractivity contribution is 6.06. The third kappa shape index (κ3) is 3.90. The zero-order chi connectivity index (χ0) is 36.6. The molecule has 1 spiro atoms. The number of nitrogens with one attached hydrogen (secondary N) is 1. The highest BCUT2D eigenvalue weighted by Gasteiger charge is 2.87. The van der Waals surface area contributed by atoms with Crippen molar-refractivity contribution in [2.45, 2.75) is 166 Å². The molecule has 10 heteroatoms. The normalized spacial score (nSPS) is 43.9. The van der Waals surface area contributed by atoms with E-state index in [1.54, 1.807) is 13.8 Å². The van der Waals surface area contributed by atoms with E-state index in [0.29, 0.717) is 19.3 Å². The number of aromatic amines is 1. The highest BCUT2D eigenvalue weighted by Crippen LogP contribution is 2.75. The van der Waals surface area contributed by atoms with E-state index in [9.17, 15) is 19.5 Å². The lowest BCUT2D eigenvalue weighted by Crippen LogP contribution is -2.77. The molecular formula is C41H53NO9. The second kappa shape index (κ2) is 9.84. The summed E-state index contributed by atoms with van der Waals surface area (Å²) in [5.41, 5.74) is -0.0903. The van der Waals surface area contributed by atoms with E-state index >= 15 is 0 Å². The van der Waals surface area contributed by atoms with Crippen LogP contribution in [0.3, 0.4) is 0 Å². The van der Waals surface area contributed by atoms with E-state index in [4.69, 9.17) is 23.7 Å². The number of aromatic nitrogens is 1. The number of ether oxygens (including phenoxy) is 5. The van der Waals surface area contributed by atoms with Crippen LogP contribution in [0.4, 0.5) is 0 Å². The van der Waals surface area contributed by atoms with Crippen LogP contribution >= 0.6 is 0 Å². The molecular weight excluding hydrogens is 650 g/mol. The van der Waals surface area contributed by atoms with Crippen LogP contribution < -0.4 is 0 Å². The maximum absolute atomic E-state index is 14.3. The second-order valence-electron chi connectivity index (χ2n) is 19.0. The van der Waals surface area contributed by atoms with E-state index in [-0.39, 0.29) is 23.5 Å². The largest absolute Gasteiger partial charge is 0.457 e. The smallest absolute Gasteiger partial charge is 0.303 e. The van der Waals surface area contributed by atoms with Crippen molar-refractivity contribution in [2.75, 3.05) is 0 Å². The quantitative estimate of drug-likeness (QED) is 0.307. The minimum Gasteiger partial charge on any atom is -0.457 e. The van der Waals surface area contributed by atoms with Gasteiger partial charge in [-0.1, -0.05) is 13.8 Å². The Morgan fingerprint density at radius 3 is 2.37 bits per heavy atom. The first kappa shape index (κ1) is 34.0. The molecule has 2 N–H and O–H groups in total. The average Bonchev–Trinajstić information content (AvgIpc) is 3.51. The molecule has 2 saturated carbocycles. The summed E-state index contributed by atoms with van der Waals surface area (Å²) >= 11 is 0. The molecule has 0 amide bonds. The first-order valence-electron chi connectivity index (χ1n) is 19.0. The van der Waals surface area contributed by atoms with Crippen LogP contribution in [0.25, 0.3) is 10.9 Å². The molecule has 51 heavy (non-hydrogen) atoms. The van der Waals surface area contributed by atoms with E-state index < -0.39 is 75.2 Å². The summed E-state index contributed by atoms with van der Waals surface area (Å²) in [4.78, 5) is 42.8. The SMILES string of the molecule is CC(=O)O[C@H]1[C@H]2O[C@@]23[C@H](CCC2(C)[C@@]4(C)c5[nH]c6ccc7c(c6c5CC4CC[C@]23O)CC2C(C7=O)C(C)(C)OC2(C)C)O[C@@H]1C(C)(C)OC(C)=O. The number of hydrogen-bond donors (Lipinski definition) is 2. The number of rotatable bonds is 3. The van der Waals surface area contributed by atoms with Crippen LogP contribution in [0.5, 0.6) is 0 Å².